The number of aromatic nitrogens is 2. The highest BCUT2D eigenvalue weighted by Gasteiger charge is 2.13. The van der Waals surface area contributed by atoms with Crippen LogP contribution in [0.1, 0.15) is 16.7 Å². The molecule has 0 aliphatic carbocycles. The number of rotatable bonds is 2. The van der Waals surface area contributed by atoms with E-state index in [4.69, 9.17) is 11.6 Å². The standard InChI is InChI=1S/C17H12ClN3OS2/c1-2-21-14-10(18)6-5-9-13(14)24-17(21)20-15(22)16-19-11-7-3-4-8-12(11)23-16/h3-9H,2H2,1H3. The molecule has 2 heterocycles. The number of thiazole rings is 2. The van der Waals surface area contributed by atoms with E-state index in [1.165, 1.54) is 22.7 Å². The summed E-state index contributed by atoms with van der Waals surface area (Å²) in [5, 5.41) is 1.07. The number of carbonyl (C=O) groups excluding carboxylic acids is 1. The van der Waals surface area contributed by atoms with Crippen molar-refractivity contribution in [2.45, 2.75) is 13.5 Å². The van der Waals surface area contributed by atoms with Crippen LogP contribution < -0.4 is 4.80 Å². The summed E-state index contributed by atoms with van der Waals surface area (Å²) in [4.78, 5) is 21.9. The molecule has 0 saturated carbocycles. The number of carbonyl (C=O) groups is 1. The Morgan fingerprint density at radius 1 is 1.17 bits per heavy atom. The van der Waals surface area contributed by atoms with E-state index >= 15 is 0 Å². The van der Waals surface area contributed by atoms with Crippen molar-refractivity contribution in [2.24, 2.45) is 4.99 Å². The maximum absolute atomic E-state index is 12.6. The minimum atomic E-state index is -0.318. The second kappa shape index (κ2) is 6.12. The van der Waals surface area contributed by atoms with Gasteiger partial charge in [-0.2, -0.15) is 4.99 Å². The van der Waals surface area contributed by atoms with Gasteiger partial charge in [-0.25, -0.2) is 4.98 Å². The van der Waals surface area contributed by atoms with Gasteiger partial charge in [0.25, 0.3) is 0 Å². The first-order valence-electron chi connectivity index (χ1n) is 7.40. The molecule has 24 heavy (non-hydrogen) atoms. The number of amides is 1. The highest BCUT2D eigenvalue weighted by molar-refractivity contribution is 7.20. The van der Waals surface area contributed by atoms with Gasteiger partial charge in [0.05, 0.1) is 25.5 Å². The van der Waals surface area contributed by atoms with Crippen molar-refractivity contribution >= 4 is 60.6 Å². The number of benzene rings is 2. The number of halogens is 1. The van der Waals surface area contributed by atoms with Crippen LogP contribution in [0.5, 0.6) is 0 Å². The second-order valence-electron chi connectivity index (χ2n) is 5.12. The molecule has 4 nitrogen and oxygen atoms in total. The predicted octanol–water partition coefficient (Wildman–Crippen LogP) is 4.73. The molecule has 0 radical (unpaired) electrons. The zero-order valence-corrected chi connectivity index (χ0v) is 15.1. The lowest BCUT2D eigenvalue weighted by Gasteiger charge is -2.01. The highest BCUT2D eigenvalue weighted by Crippen LogP contribution is 2.26. The molecule has 0 fully saturated rings. The van der Waals surface area contributed by atoms with Crippen molar-refractivity contribution in [3.63, 3.8) is 0 Å². The van der Waals surface area contributed by atoms with Gasteiger partial charge in [0.1, 0.15) is 0 Å². The van der Waals surface area contributed by atoms with Gasteiger partial charge in [-0.05, 0) is 31.2 Å². The molecular weight excluding hydrogens is 362 g/mol. The summed E-state index contributed by atoms with van der Waals surface area (Å²) in [5.74, 6) is -0.318. The molecular formula is C17H12ClN3OS2. The minimum Gasteiger partial charge on any atom is -0.315 e. The Balaban J connectivity index is 1.87. The molecule has 0 aliphatic heterocycles. The quantitative estimate of drug-likeness (QED) is 0.510. The Labute approximate surface area is 150 Å². The molecule has 0 spiro atoms. The number of hydrogen-bond acceptors (Lipinski definition) is 4. The van der Waals surface area contributed by atoms with Crippen molar-refractivity contribution in [3.05, 3.63) is 57.3 Å². The fourth-order valence-corrected chi connectivity index (χ4v) is 4.87. The summed E-state index contributed by atoms with van der Waals surface area (Å²) >= 11 is 9.13. The lowest BCUT2D eigenvalue weighted by atomic mass is 10.3. The molecule has 4 rings (SSSR count). The molecule has 0 atom stereocenters. The Bertz CT molecular complexity index is 1110. The zero-order chi connectivity index (χ0) is 16.7. The van der Waals surface area contributed by atoms with Crippen LogP contribution in [0.4, 0.5) is 0 Å². The number of hydrogen-bond donors (Lipinski definition) is 0. The van der Waals surface area contributed by atoms with Crippen molar-refractivity contribution in [1.82, 2.24) is 9.55 Å². The van der Waals surface area contributed by atoms with E-state index < -0.39 is 0 Å². The average molecular weight is 374 g/mol. The molecule has 1 amide bonds. The van der Waals surface area contributed by atoms with Gasteiger partial charge in [0, 0.05) is 6.54 Å². The Kier molecular flexibility index (Phi) is 3.96. The molecule has 0 unspecified atom stereocenters. The van der Waals surface area contributed by atoms with Crippen molar-refractivity contribution in [2.75, 3.05) is 0 Å². The van der Waals surface area contributed by atoms with Gasteiger partial charge in [-0.15, -0.1) is 11.3 Å². The first-order chi connectivity index (χ1) is 11.7. The van der Waals surface area contributed by atoms with Gasteiger partial charge in [0.2, 0.25) is 0 Å². The SMILES string of the molecule is CCn1c(=NC(=O)c2nc3ccccc3s2)sc2cccc(Cl)c21. The maximum Gasteiger partial charge on any atom is 0.308 e. The van der Waals surface area contributed by atoms with Crippen molar-refractivity contribution in [3.8, 4) is 0 Å². The third-order valence-corrected chi connectivity index (χ3v) is 6.02. The van der Waals surface area contributed by atoms with E-state index in [0.29, 0.717) is 21.4 Å². The van der Waals surface area contributed by atoms with Crippen LogP contribution in [0.15, 0.2) is 47.5 Å². The van der Waals surface area contributed by atoms with E-state index in [2.05, 4.69) is 9.98 Å². The fourth-order valence-electron chi connectivity index (χ4n) is 2.56. The van der Waals surface area contributed by atoms with E-state index in [-0.39, 0.29) is 5.91 Å². The van der Waals surface area contributed by atoms with Crippen LogP contribution in [0.3, 0.4) is 0 Å². The third kappa shape index (κ3) is 2.56. The van der Waals surface area contributed by atoms with Crippen LogP contribution in [-0.4, -0.2) is 15.5 Å². The molecule has 120 valence electrons. The molecule has 2 aromatic heterocycles. The van der Waals surface area contributed by atoms with E-state index in [1.807, 2.05) is 54.0 Å². The van der Waals surface area contributed by atoms with Gasteiger partial charge in [-0.3, -0.25) is 4.79 Å². The Morgan fingerprint density at radius 2 is 1.96 bits per heavy atom. The maximum atomic E-state index is 12.6. The number of aryl methyl sites for hydroxylation is 1. The molecule has 0 aliphatic rings. The summed E-state index contributed by atoms with van der Waals surface area (Å²) in [5.41, 5.74) is 1.74. The third-order valence-electron chi connectivity index (χ3n) is 3.64. The first-order valence-corrected chi connectivity index (χ1v) is 9.41. The van der Waals surface area contributed by atoms with E-state index in [1.54, 1.807) is 0 Å². The summed E-state index contributed by atoms with van der Waals surface area (Å²) in [6, 6.07) is 13.4. The second-order valence-corrected chi connectivity index (χ2v) is 7.57. The molecule has 0 bridgehead atoms. The number of nitrogens with zero attached hydrogens (tertiary/aromatic N) is 3. The van der Waals surface area contributed by atoms with E-state index in [9.17, 15) is 4.79 Å². The summed E-state index contributed by atoms with van der Waals surface area (Å²) in [7, 11) is 0. The zero-order valence-electron chi connectivity index (χ0n) is 12.7. The Hall–Kier alpha value is -2.02. The fraction of sp³-hybridized carbons (Fsp3) is 0.118. The van der Waals surface area contributed by atoms with Gasteiger partial charge in [-0.1, -0.05) is 41.1 Å². The van der Waals surface area contributed by atoms with Crippen LogP contribution in [0.2, 0.25) is 5.02 Å². The van der Waals surface area contributed by atoms with E-state index in [0.717, 1.165) is 20.4 Å². The first kappa shape index (κ1) is 15.5. The molecule has 4 aromatic rings. The normalized spacial score (nSPS) is 12.3. The molecule has 2 aromatic carbocycles. The minimum absolute atomic E-state index is 0.318. The predicted molar refractivity (Wildman–Crippen MR) is 100 cm³/mol. The van der Waals surface area contributed by atoms with Crippen molar-refractivity contribution < 1.29 is 4.79 Å². The summed E-state index contributed by atoms with van der Waals surface area (Å²) in [6.45, 7) is 2.70. The van der Waals surface area contributed by atoms with Crippen LogP contribution in [0.25, 0.3) is 20.4 Å². The molecule has 0 saturated heterocycles. The lowest BCUT2D eigenvalue weighted by molar-refractivity contribution is 0.0997. The molecule has 7 heteroatoms. The largest absolute Gasteiger partial charge is 0.315 e. The number of fused-ring (bicyclic) bond motifs is 2. The van der Waals surface area contributed by atoms with Crippen LogP contribution in [-0.2, 0) is 6.54 Å². The monoisotopic (exact) mass is 373 g/mol. The van der Waals surface area contributed by atoms with Gasteiger partial charge in [0.15, 0.2) is 9.81 Å². The highest BCUT2D eigenvalue weighted by atomic mass is 35.5. The van der Waals surface area contributed by atoms with Gasteiger partial charge >= 0.3 is 5.91 Å². The average Bonchev–Trinajstić information content (AvgIpc) is 3.16. The summed E-state index contributed by atoms with van der Waals surface area (Å²) in [6.07, 6.45) is 0. The van der Waals surface area contributed by atoms with Crippen LogP contribution >= 0.6 is 34.3 Å². The van der Waals surface area contributed by atoms with Gasteiger partial charge < -0.3 is 4.57 Å². The Morgan fingerprint density at radius 3 is 2.75 bits per heavy atom. The van der Waals surface area contributed by atoms with Crippen molar-refractivity contribution in [1.29, 1.82) is 0 Å². The smallest absolute Gasteiger partial charge is 0.308 e. The number of para-hydroxylation sites is 2. The lowest BCUT2D eigenvalue weighted by Crippen LogP contribution is -2.16. The summed E-state index contributed by atoms with van der Waals surface area (Å²) < 4.78 is 3.96. The molecule has 0 N–H and O–H groups in total. The van der Waals surface area contributed by atoms with Crippen LogP contribution in [0, 0.1) is 0 Å². The topological polar surface area (TPSA) is 47.2 Å².